The van der Waals surface area contributed by atoms with Crippen molar-refractivity contribution in [3.05, 3.63) is 48.4 Å². The monoisotopic (exact) mass is 329 g/mol. The molecule has 1 aromatic carbocycles. The highest BCUT2D eigenvalue weighted by molar-refractivity contribution is 8.00. The van der Waals surface area contributed by atoms with Gasteiger partial charge < -0.3 is 0 Å². The Kier molecular flexibility index (Phi) is 6.19. The number of carbonyl (C=O) groups excluding carboxylic acids is 1. The number of benzene rings is 1. The topological polar surface area (TPSA) is 57.0 Å². The van der Waals surface area contributed by atoms with Gasteiger partial charge in [0.05, 0.1) is 23.3 Å². The molecule has 0 spiro atoms. The van der Waals surface area contributed by atoms with Crippen molar-refractivity contribution in [3.8, 4) is 17.3 Å². The molecule has 0 saturated carbocycles. The van der Waals surface area contributed by atoms with Crippen molar-refractivity contribution in [2.24, 2.45) is 0 Å². The Morgan fingerprint density at radius 2 is 2.23 bits per heavy atom. The lowest BCUT2D eigenvalue weighted by molar-refractivity contribution is -0.116. The van der Waals surface area contributed by atoms with Gasteiger partial charge in [-0.05, 0) is 0 Å². The van der Waals surface area contributed by atoms with Crippen LogP contribution in [0.1, 0.15) is 0 Å². The summed E-state index contributed by atoms with van der Waals surface area (Å²) in [6, 6.07) is 11.9. The van der Waals surface area contributed by atoms with Crippen LogP contribution in [0.15, 0.2) is 48.4 Å². The van der Waals surface area contributed by atoms with Crippen LogP contribution in [0.3, 0.4) is 0 Å². The van der Waals surface area contributed by atoms with Crippen LogP contribution in [-0.4, -0.2) is 28.9 Å². The summed E-state index contributed by atoms with van der Waals surface area (Å²) in [5.41, 5.74) is 1.88. The minimum Gasteiger partial charge on any atom is -0.284 e. The summed E-state index contributed by atoms with van der Waals surface area (Å²) in [6.45, 7) is 4.10. The molecule has 2 rings (SSSR count). The molecule has 6 heteroatoms. The normalized spacial score (nSPS) is 9.95. The summed E-state index contributed by atoms with van der Waals surface area (Å²) in [4.78, 5) is 18.4. The van der Waals surface area contributed by atoms with Gasteiger partial charge in [0.2, 0.25) is 5.91 Å². The molecule has 0 saturated heterocycles. The minimum atomic E-state index is -0.0610. The minimum absolute atomic E-state index is 0.0610. The summed E-state index contributed by atoms with van der Waals surface area (Å²) in [7, 11) is 0. The number of amides is 1. The predicted molar refractivity (Wildman–Crippen MR) is 93.0 cm³/mol. The van der Waals surface area contributed by atoms with Crippen LogP contribution in [0, 0.1) is 11.3 Å². The largest absolute Gasteiger partial charge is 0.284 e. The van der Waals surface area contributed by atoms with E-state index in [1.807, 2.05) is 41.8 Å². The first-order valence-electron chi connectivity index (χ1n) is 6.63. The fraction of sp³-hybridized carbons (Fsp3) is 0.188. The van der Waals surface area contributed by atoms with Crippen molar-refractivity contribution in [2.75, 3.05) is 23.0 Å². The third kappa shape index (κ3) is 4.20. The van der Waals surface area contributed by atoms with E-state index in [0.29, 0.717) is 17.4 Å². The number of nitrogens with zero attached hydrogens (tertiary/aromatic N) is 3. The molecule has 0 aliphatic heterocycles. The van der Waals surface area contributed by atoms with Crippen molar-refractivity contribution in [3.63, 3.8) is 0 Å². The maximum atomic E-state index is 12.3. The van der Waals surface area contributed by atoms with Gasteiger partial charge in [-0.1, -0.05) is 36.4 Å². The van der Waals surface area contributed by atoms with E-state index in [4.69, 9.17) is 5.26 Å². The van der Waals surface area contributed by atoms with E-state index < -0.39 is 0 Å². The molecule has 22 heavy (non-hydrogen) atoms. The van der Waals surface area contributed by atoms with Crippen LogP contribution in [0.4, 0.5) is 5.13 Å². The zero-order valence-electron chi connectivity index (χ0n) is 11.9. The molecule has 0 aliphatic rings. The molecule has 2 aromatic rings. The Balaban J connectivity index is 2.15. The molecular formula is C16H15N3OS2. The highest BCUT2D eigenvalue weighted by atomic mass is 32.2. The van der Waals surface area contributed by atoms with E-state index in [0.717, 1.165) is 11.3 Å². The molecule has 4 nitrogen and oxygen atoms in total. The van der Waals surface area contributed by atoms with E-state index in [1.165, 1.54) is 23.1 Å². The van der Waals surface area contributed by atoms with Crippen LogP contribution >= 0.6 is 23.1 Å². The number of anilines is 1. The van der Waals surface area contributed by atoms with Crippen molar-refractivity contribution >= 4 is 34.1 Å². The second kappa shape index (κ2) is 8.37. The van der Waals surface area contributed by atoms with Gasteiger partial charge in [0, 0.05) is 17.5 Å². The second-order valence-electron chi connectivity index (χ2n) is 4.33. The van der Waals surface area contributed by atoms with Gasteiger partial charge >= 0.3 is 0 Å². The first-order chi connectivity index (χ1) is 10.8. The van der Waals surface area contributed by atoms with Gasteiger partial charge in [-0.3, -0.25) is 9.69 Å². The van der Waals surface area contributed by atoms with Crippen LogP contribution in [-0.2, 0) is 4.79 Å². The molecule has 0 aliphatic carbocycles. The number of nitriles is 1. The van der Waals surface area contributed by atoms with Gasteiger partial charge in [-0.15, -0.1) is 29.7 Å². The lowest BCUT2D eigenvalue weighted by atomic mass is 10.2. The molecule has 0 bridgehead atoms. The van der Waals surface area contributed by atoms with Crippen molar-refractivity contribution in [1.29, 1.82) is 5.26 Å². The maximum Gasteiger partial charge on any atom is 0.239 e. The van der Waals surface area contributed by atoms with Crippen molar-refractivity contribution in [2.45, 2.75) is 0 Å². The summed E-state index contributed by atoms with van der Waals surface area (Å²) in [5.74, 6) is 0.511. The van der Waals surface area contributed by atoms with Crippen molar-refractivity contribution in [1.82, 2.24) is 4.98 Å². The van der Waals surface area contributed by atoms with Crippen LogP contribution in [0.2, 0.25) is 0 Å². The third-order valence-corrected chi connectivity index (χ3v) is 4.45. The molecule has 1 aromatic heterocycles. The van der Waals surface area contributed by atoms with E-state index in [1.54, 1.807) is 11.0 Å². The fourth-order valence-corrected chi connectivity index (χ4v) is 3.19. The lowest BCUT2D eigenvalue weighted by Crippen LogP contribution is -2.32. The van der Waals surface area contributed by atoms with Crippen LogP contribution in [0.25, 0.3) is 11.3 Å². The first kappa shape index (κ1) is 16.3. The summed E-state index contributed by atoms with van der Waals surface area (Å²) in [5, 5.41) is 11.1. The first-order valence-corrected chi connectivity index (χ1v) is 8.66. The van der Waals surface area contributed by atoms with Gasteiger partial charge in [0.1, 0.15) is 0 Å². The van der Waals surface area contributed by atoms with Crippen LogP contribution < -0.4 is 4.90 Å². The Morgan fingerprint density at radius 1 is 1.45 bits per heavy atom. The van der Waals surface area contributed by atoms with E-state index >= 15 is 0 Å². The molecule has 1 heterocycles. The summed E-state index contributed by atoms with van der Waals surface area (Å²) >= 11 is 2.74. The number of thioether (sulfide) groups is 1. The molecule has 0 fully saturated rings. The number of hydrogen-bond acceptors (Lipinski definition) is 5. The fourth-order valence-electron chi connectivity index (χ4n) is 1.81. The Labute approximate surface area is 138 Å². The maximum absolute atomic E-state index is 12.3. The Bertz CT molecular complexity index is 676. The summed E-state index contributed by atoms with van der Waals surface area (Å²) < 4.78 is 0. The number of rotatable bonds is 7. The molecule has 0 atom stereocenters. The molecule has 1 amide bonds. The summed E-state index contributed by atoms with van der Waals surface area (Å²) in [6.07, 6.45) is 1.68. The Hall–Kier alpha value is -2.10. The molecule has 0 radical (unpaired) electrons. The van der Waals surface area contributed by atoms with Crippen LogP contribution in [0.5, 0.6) is 0 Å². The highest BCUT2D eigenvalue weighted by Crippen LogP contribution is 2.27. The van der Waals surface area contributed by atoms with Gasteiger partial charge in [0.15, 0.2) is 5.13 Å². The van der Waals surface area contributed by atoms with Crippen molar-refractivity contribution < 1.29 is 4.79 Å². The standard InChI is InChI=1S/C16H15N3OS2/c1-2-9-19(15(20)12-21-10-8-17)16-18-14(11-22-16)13-6-4-3-5-7-13/h2-7,11H,1,9-10,12H2. The number of carbonyl (C=O) groups is 1. The Morgan fingerprint density at radius 3 is 2.91 bits per heavy atom. The average Bonchev–Trinajstić information content (AvgIpc) is 3.03. The van der Waals surface area contributed by atoms with E-state index in [2.05, 4.69) is 11.6 Å². The lowest BCUT2D eigenvalue weighted by Gasteiger charge is -2.17. The smallest absolute Gasteiger partial charge is 0.239 e. The van der Waals surface area contributed by atoms with Gasteiger partial charge in [-0.2, -0.15) is 5.26 Å². The highest BCUT2D eigenvalue weighted by Gasteiger charge is 2.18. The van der Waals surface area contributed by atoms with E-state index in [-0.39, 0.29) is 11.7 Å². The predicted octanol–water partition coefficient (Wildman–Crippen LogP) is 3.59. The average molecular weight is 329 g/mol. The molecule has 0 unspecified atom stereocenters. The molecule has 0 N–H and O–H groups in total. The number of aromatic nitrogens is 1. The zero-order valence-corrected chi connectivity index (χ0v) is 13.6. The molecular weight excluding hydrogens is 314 g/mol. The van der Waals surface area contributed by atoms with Gasteiger partial charge in [0.25, 0.3) is 0 Å². The van der Waals surface area contributed by atoms with Gasteiger partial charge in [-0.25, -0.2) is 4.98 Å². The second-order valence-corrected chi connectivity index (χ2v) is 6.15. The number of thiazole rings is 1. The third-order valence-electron chi connectivity index (χ3n) is 2.80. The number of hydrogen-bond donors (Lipinski definition) is 0. The quantitative estimate of drug-likeness (QED) is 0.575. The zero-order chi connectivity index (χ0) is 15.8. The van der Waals surface area contributed by atoms with E-state index in [9.17, 15) is 4.79 Å². The SMILES string of the molecule is C=CCN(C(=O)CSCC#N)c1nc(-c2ccccc2)cs1. The molecule has 112 valence electrons.